The van der Waals surface area contributed by atoms with E-state index in [-0.39, 0.29) is 17.3 Å². The molecule has 1 aromatic rings. The van der Waals surface area contributed by atoms with Crippen LogP contribution in [0.1, 0.15) is 167 Å². The average molecular weight is 623 g/mol. The van der Waals surface area contributed by atoms with Gasteiger partial charge in [-0.05, 0) is 12.8 Å². The molecule has 0 saturated carbocycles. The van der Waals surface area contributed by atoms with Crippen molar-refractivity contribution in [3.8, 4) is 5.88 Å². The van der Waals surface area contributed by atoms with E-state index in [4.69, 9.17) is 14.3 Å². The van der Waals surface area contributed by atoms with Gasteiger partial charge in [0.15, 0.2) is 0 Å². The van der Waals surface area contributed by atoms with Crippen molar-refractivity contribution in [3.63, 3.8) is 0 Å². The molecule has 0 bridgehead atoms. The number of nitrogens with zero attached hydrogens (tertiary/aromatic N) is 3. The number of aromatic nitrogens is 2. The van der Waals surface area contributed by atoms with Gasteiger partial charge in [-0.3, -0.25) is 4.79 Å². The summed E-state index contributed by atoms with van der Waals surface area (Å²) in [4.78, 5) is 18.4. The summed E-state index contributed by atoms with van der Waals surface area (Å²) in [5.74, 6) is 0.484. The lowest BCUT2D eigenvalue weighted by Gasteiger charge is -2.35. The summed E-state index contributed by atoms with van der Waals surface area (Å²) in [6.07, 6.45) is 30.8. The van der Waals surface area contributed by atoms with E-state index < -0.39 is 0 Å². The van der Waals surface area contributed by atoms with Crippen molar-refractivity contribution in [2.24, 2.45) is 0 Å². The summed E-state index contributed by atoms with van der Waals surface area (Å²) in [6.45, 7) is 6.71. The van der Waals surface area contributed by atoms with E-state index >= 15 is 0 Å². The first kappa shape index (κ1) is 37.7. The number of hydroxylamine groups is 3. The van der Waals surface area contributed by atoms with Crippen LogP contribution >= 0.6 is 11.7 Å². The Morgan fingerprint density at radius 1 is 0.767 bits per heavy atom. The van der Waals surface area contributed by atoms with E-state index in [1.54, 1.807) is 7.11 Å². The van der Waals surface area contributed by atoms with Crippen LogP contribution in [0, 0.1) is 0 Å². The largest absolute Gasteiger partial charge is 0.475 e. The lowest BCUT2D eigenvalue weighted by molar-refractivity contribution is -1.11. The van der Waals surface area contributed by atoms with Crippen LogP contribution in [0.5, 0.6) is 5.88 Å². The van der Waals surface area contributed by atoms with E-state index in [0.717, 1.165) is 43.5 Å². The van der Waals surface area contributed by atoms with Gasteiger partial charge >= 0.3 is 5.97 Å². The van der Waals surface area contributed by atoms with Crippen LogP contribution in [-0.4, -0.2) is 52.9 Å². The molecule has 0 N–H and O–H groups in total. The normalized spacial score (nSPS) is 16.8. The van der Waals surface area contributed by atoms with Crippen LogP contribution < -0.4 is 4.74 Å². The maximum absolute atomic E-state index is 12.5. The van der Waals surface area contributed by atoms with Crippen molar-refractivity contribution in [2.45, 2.75) is 162 Å². The molecule has 43 heavy (non-hydrogen) atoms. The molecule has 0 fully saturated rings. The minimum Gasteiger partial charge on any atom is -0.475 e. The third-order valence-corrected chi connectivity index (χ3v) is 9.23. The molecule has 0 aromatic carbocycles. The van der Waals surface area contributed by atoms with Gasteiger partial charge in [-0.2, -0.15) is 4.37 Å². The number of ether oxygens (including phenoxy) is 2. The first-order chi connectivity index (χ1) is 21.1. The lowest BCUT2D eigenvalue weighted by atomic mass is 10.0. The Morgan fingerprint density at radius 2 is 1.30 bits per heavy atom. The molecule has 248 valence electrons. The lowest BCUT2D eigenvalue weighted by Crippen LogP contribution is -2.52. The molecule has 2 heterocycles. The highest BCUT2D eigenvalue weighted by Crippen LogP contribution is 2.31. The monoisotopic (exact) mass is 622 g/mol. The summed E-state index contributed by atoms with van der Waals surface area (Å²) < 4.78 is 20.8. The zero-order valence-corrected chi connectivity index (χ0v) is 28.9. The Balaban J connectivity index is 1.51. The maximum atomic E-state index is 12.5. The van der Waals surface area contributed by atoms with E-state index in [9.17, 15) is 4.79 Å². The molecular formula is C35H64N3O4S+. The van der Waals surface area contributed by atoms with Crippen LogP contribution in [-0.2, 0) is 14.4 Å². The second kappa shape index (κ2) is 24.8. The van der Waals surface area contributed by atoms with Crippen molar-refractivity contribution < 1.29 is 23.8 Å². The van der Waals surface area contributed by atoms with Crippen molar-refractivity contribution in [1.82, 2.24) is 8.75 Å². The Labute approximate surface area is 268 Å². The Morgan fingerprint density at radius 3 is 1.86 bits per heavy atom. The van der Waals surface area contributed by atoms with Gasteiger partial charge in [0.1, 0.15) is 18.8 Å². The van der Waals surface area contributed by atoms with Crippen LogP contribution in [0.4, 0.5) is 0 Å². The van der Waals surface area contributed by atoms with Gasteiger partial charge in [0.2, 0.25) is 0 Å². The smallest absolute Gasteiger partial charge is 0.310 e. The van der Waals surface area contributed by atoms with Crippen LogP contribution in [0.15, 0.2) is 6.08 Å². The Bertz CT molecular complexity index is 862. The fraction of sp³-hybridized carbons (Fsp3) is 0.857. The van der Waals surface area contributed by atoms with Gasteiger partial charge in [0.05, 0.1) is 25.4 Å². The SMILES string of the molecule is CCCCCCCCCCCCCCCCCCCC(=O)OC[N+]1(OC)CCC=C(c2nsnc2OCCCCCC)C1. The number of carbonyl (C=O) groups is 1. The van der Waals surface area contributed by atoms with E-state index in [2.05, 4.69) is 28.7 Å². The molecule has 1 aliphatic heterocycles. The molecule has 1 aliphatic rings. The summed E-state index contributed by atoms with van der Waals surface area (Å²) >= 11 is 1.18. The minimum atomic E-state index is -0.127. The molecule has 7 nitrogen and oxygen atoms in total. The third-order valence-electron chi connectivity index (χ3n) is 8.72. The first-order valence-corrected chi connectivity index (χ1v) is 18.6. The molecule has 0 radical (unpaired) electrons. The predicted molar refractivity (Wildman–Crippen MR) is 179 cm³/mol. The fourth-order valence-corrected chi connectivity index (χ4v) is 6.37. The van der Waals surface area contributed by atoms with E-state index in [0.29, 0.717) is 25.5 Å². The number of esters is 1. The van der Waals surface area contributed by atoms with Gasteiger partial charge in [-0.1, -0.05) is 142 Å². The third kappa shape index (κ3) is 16.9. The number of rotatable bonds is 28. The fourth-order valence-electron chi connectivity index (χ4n) is 5.84. The average Bonchev–Trinajstić information content (AvgIpc) is 3.50. The number of unbranched alkanes of at least 4 members (excludes halogenated alkanes) is 19. The standard InChI is InChI=1S/C35H64N3O4S/c1-4-6-8-10-11-12-13-14-15-16-17-18-19-20-21-22-23-27-33(39)42-31-38(40-3)28-25-26-32(30-38)34-35(37-43-36-34)41-29-24-9-7-5-2/h26H,4-25,27-31H2,1-3H3/q+1. The highest BCUT2D eigenvalue weighted by Gasteiger charge is 2.36. The number of hydrogen-bond acceptors (Lipinski definition) is 7. The molecule has 0 amide bonds. The molecule has 2 rings (SSSR count). The summed E-state index contributed by atoms with van der Waals surface area (Å²) in [6, 6.07) is 0. The van der Waals surface area contributed by atoms with Crippen molar-refractivity contribution in [1.29, 1.82) is 0 Å². The Kier molecular flexibility index (Phi) is 21.7. The van der Waals surface area contributed by atoms with Gasteiger partial charge in [-0.15, -0.1) is 9.02 Å². The molecule has 8 heteroatoms. The second-order valence-corrected chi connectivity index (χ2v) is 13.0. The van der Waals surface area contributed by atoms with E-state index in [1.165, 1.54) is 127 Å². The molecule has 0 spiro atoms. The number of hydrogen-bond donors (Lipinski definition) is 0. The van der Waals surface area contributed by atoms with Crippen LogP contribution in [0.3, 0.4) is 0 Å². The number of carbonyl (C=O) groups excluding carboxylic acids is 1. The highest BCUT2D eigenvalue weighted by atomic mass is 32.1. The van der Waals surface area contributed by atoms with Gasteiger partial charge in [-0.25, -0.2) is 4.84 Å². The minimum absolute atomic E-state index is 0.127. The highest BCUT2D eigenvalue weighted by molar-refractivity contribution is 6.99. The molecule has 1 atom stereocenters. The topological polar surface area (TPSA) is 70.5 Å². The number of quaternary nitrogens is 1. The quantitative estimate of drug-likeness (QED) is 0.0526. The van der Waals surface area contributed by atoms with E-state index in [1.807, 2.05) is 0 Å². The predicted octanol–water partition coefficient (Wildman–Crippen LogP) is 10.2. The van der Waals surface area contributed by atoms with Crippen molar-refractivity contribution in [3.05, 3.63) is 11.8 Å². The molecule has 0 aliphatic carbocycles. The van der Waals surface area contributed by atoms with Gasteiger partial charge in [0.25, 0.3) is 12.6 Å². The van der Waals surface area contributed by atoms with Gasteiger partial charge in [0, 0.05) is 18.4 Å². The van der Waals surface area contributed by atoms with Gasteiger partial charge < -0.3 is 9.47 Å². The zero-order valence-electron chi connectivity index (χ0n) is 28.1. The Hall–Kier alpha value is -1.51. The van der Waals surface area contributed by atoms with Crippen LogP contribution in [0.25, 0.3) is 5.57 Å². The maximum Gasteiger partial charge on any atom is 0.310 e. The molecule has 1 unspecified atom stereocenters. The molecule has 1 aromatic heterocycles. The van der Waals surface area contributed by atoms with Crippen molar-refractivity contribution in [2.75, 3.05) is 33.5 Å². The first-order valence-electron chi connectivity index (χ1n) is 17.9. The van der Waals surface area contributed by atoms with Crippen molar-refractivity contribution >= 4 is 23.3 Å². The zero-order chi connectivity index (χ0) is 30.9. The summed E-state index contributed by atoms with van der Waals surface area (Å²) in [7, 11) is 1.69. The van der Waals surface area contributed by atoms with Crippen LogP contribution in [0.2, 0.25) is 0 Å². The second-order valence-electron chi connectivity index (χ2n) is 12.5. The molecular weight excluding hydrogens is 558 g/mol. The summed E-state index contributed by atoms with van der Waals surface area (Å²) in [5.41, 5.74) is 1.85. The summed E-state index contributed by atoms with van der Waals surface area (Å²) in [5, 5.41) is 0. The molecule has 0 saturated heterocycles.